The smallest absolute Gasteiger partial charge is 0.410 e. The summed E-state index contributed by atoms with van der Waals surface area (Å²) >= 11 is 0. The fourth-order valence-electron chi connectivity index (χ4n) is 2.54. The minimum absolute atomic E-state index is 0.127. The van der Waals surface area contributed by atoms with Gasteiger partial charge in [0.25, 0.3) is 0 Å². The summed E-state index contributed by atoms with van der Waals surface area (Å²) in [6, 6.07) is 5.35. The fourth-order valence-corrected chi connectivity index (χ4v) is 2.54. The number of hydrogen-bond donors (Lipinski definition) is 3. The van der Waals surface area contributed by atoms with Gasteiger partial charge < -0.3 is 20.5 Å². The predicted octanol–water partition coefficient (Wildman–Crippen LogP) is 2.83. The zero-order valence-electron chi connectivity index (χ0n) is 15.1. The van der Waals surface area contributed by atoms with Crippen LogP contribution in [-0.2, 0) is 17.8 Å². The van der Waals surface area contributed by atoms with E-state index < -0.39 is 5.60 Å². The van der Waals surface area contributed by atoms with E-state index in [0.29, 0.717) is 31.7 Å². The Morgan fingerprint density at radius 2 is 1.92 bits per heavy atom. The van der Waals surface area contributed by atoms with Crippen molar-refractivity contribution >= 4 is 17.8 Å². The monoisotopic (exact) mass is 349 g/mol. The number of unbranched alkanes of at least 4 members (excludes halogenated alkanes) is 1. The number of rotatable bonds is 5. The predicted molar refractivity (Wildman–Crippen MR) is 95.3 cm³/mol. The molecule has 7 nitrogen and oxygen atoms in total. The van der Waals surface area contributed by atoms with E-state index in [1.54, 1.807) is 4.90 Å². The summed E-state index contributed by atoms with van der Waals surface area (Å²) in [6.07, 6.45) is 1.07. The maximum atomic E-state index is 12.2. The average molecular weight is 349 g/mol. The van der Waals surface area contributed by atoms with Crippen molar-refractivity contribution in [1.29, 1.82) is 0 Å². The van der Waals surface area contributed by atoms with Crippen LogP contribution in [0.4, 0.5) is 15.3 Å². The van der Waals surface area contributed by atoms with Crippen LogP contribution in [0.2, 0.25) is 0 Å². The third-order valence-electron chi connectivity index (χ3n) is 3.71. The highest BCUT2D eigenvalue weighted by atomic mass is 16.6. The number of carbonyl (C=O) groups is 2. The number of nitrogens with zero attached hydrogens (tertiary/aromatic N) is 1. The molecule has 0 bridgehead atoms. The van der Waals surface area contributed by atoms with Gasteiger partial charge in [-0.2, -0.15) is 0 Å². The molecule has 0 saturated carbocycles. The molecule has 0 aliphatic carbocycles. The van der Waals surface area contributed by atoms with E-state index in [-0.39, 0.29) is 18.7 Å². The summed E-state index contributed by atoms with van der Waals surface area (Å²) in [5.41, 5.74) is 2.22. The Hall–Kier alpha value is -2.28. The number of hydrogen-bond acceptors (Lipinski definition) is 4. The summed E-state index contributed by atoms with van der Waals surface area (Å²) < 4.78 is 5.40. The fraction of sp³-hybridized carbons (Fsp3) is 0.556. The van der Waals surface area contributed by atoms with Crippen LogP contribution in [0.3, 0.4) is 0 Å². The second kappa shape index (κ2) is 8.20. The molecular weight excluding hydrogens is 322 g/mol. The molecule has 138 valence electrons. The quantitative estimate of drug-likeness (QED) is 0.713. The van der Waals surface area contributed by atoms with Gasteiger partial charge in [0.05, 0.1) is 0 Å². The first kappa shape index (κ1) is 19.1. The minimum atomic E-state index is -0.521. The molecule has 0 spiro atoms. The summed E-state index contributed by atoms with van der Waals surface area (Å²) in [5, 5.41) is 14.2. The van der Waals surface area contributed by atoms with Crippen LogP contribution < -0.4 is 10.6 Å². The highest BCUT2D eigenvalue weighted by Gasteiger charge is 2.27. The molecule has 1 aliphatic heterocycles. The Morgan fingerprint density at radius 1 is 1.20 bits per heavy atom. The molecule has 0 saturated heterocycles. The second-order valence-corrected chi connectivity index (χ2v) is 7.13. The number of urea groups is 1. The van der Waals surface area contributed by atoms with E-state index >= 15 is 0 Å². The summed E-state index contributed by atoms with van der Waals surface area (Å²) in [5.74, 6) is 0. The Labute approximate surface area is 148 Å². The number of aliphatic hydroxyl groups is 1. The summed E-state index contributed by atoms with van der Waals surface area (Å²) in [4.78, 5) is 25.7. The van der Waals surface area contributed by atoms with Crippen LogP contribution in [0.5, 0.6) is 0 Å². The van der Waals surface area contributed by atoms with Crippen molar-refractivity contribution in [2.24, 2.45) is 0 Å². The van der Waals surface area contributed by atoms with Crippen molar-refractivity contribution in [2.75, 3.05) is 18.5 Å². The number of carbonyl (C=O) groups excluding carboxylic acids is 2. The normalized spacial score (nSPS) is 13.4. The number of anilines is 1. The summed E-state index contributed by atoms with van der Waals surface area (Å²) in [7, 11) is 0. The number of ether oxygens (including phenoxy) is 1. The van der Waals surface area contributed by atoms with Crippen molar-refractivity contribution in [3.63, 3.8) is 0 Å². The maximum Gasteiger partial charge on any atom is 0.410 e. The molecule has 0 atom stereocenters. The molecule has 0 radical (unpaired) electrons. The lowest BCUT2D eigenvalue weighted by Gasteiger charge is -2.24. The number of aliphatic hydroxyl groups excluding tert-OH is 1. The average Bonchev–Trinajstić information content (AvgIpc) is 2.93. The van der Waals surface area contributed by atoms with Crippen molar-refractivity contribution in [1.82, 2.24) is 10.2 Å². The maximum absolute atomic E-state index is 12.2. The topological polar surface area (TPSA) is 90.9 Å². The minimum Gasteiger partial charge on any atom is -0.444 e. The highest BCUT2D eigenvalue weighted by molar-refractivity contribution is 5.89. The van der Waals surface area contributed by atoms with Gasteiger partial charge in [-0.1, -0.05) is 6.07 Å². The van der Waals surface area contributed by atoms with Crippen molar-refractivity contribution in [2.45, 2.75) is 52.3 Å². The van der Waals surface area contributed by atoms with E-state index in [1.165, 1.54) is 0 Å². The third kappa shape index (κ3) is 5.94. The second-order valence-electron chi connectivity index (χ2n) is 7.13. The van der Waals surface area contributed by atoms with Gasteiger partial charge in [-0.15, -0.1) is 0 Å². The van der Waals surface area contributed by atoms with Gasteiger partial charge in [0.2, 0.25) is 0 Å². The zero-order chi connectivity index (χ0) is 18.4. The molecule has 0 unspecified atom stereocenters. The van der Waals surface area contributed by atoms with Crippen molar-refractivity contribution in [3.05, 3.63) is 29.3 Å². The number of amides is 3. The van der Waals surface area contributed by atoms with Crippen LogP contribution in [0.1, 0.15) is 44.7 Å². The first-order valence-electron chi connectivity index (χ1n) is 8.54. The number of nitrogens with one attached hydrogen (secondary N) is 2. The van der Waals surface area contributed by atoms with E-state index in [2.05, 4.69) is 10.6 Å². The van der Waals surface area contributed by atoms with Crippen LogP contribution in [-0.4, -0.2) is 40.9 Å². The Morgan fingerprint density at radius 3 is 2.60 bits per heavy atom. The molecule has 0 aromatic heterocycles. The van der Waals surface area contributed by atoms with Gasteiger partial charge in [-0.3, -0.25) is 4.90 Å². The molecule has 1 heterocycles. The van der Waals surface area contributed by atoms with Crippen LogP contribution in [0.25, 0.3) is 0 Å². The Balaban J connectivity index is 1.89. The van der Waals surface area contributed by atoms with Crippen molar-refractivity contribution < 1.29 is 19.4 Å². The largest absolute Gasteiger partial charge is 0.444 e. The van der Waals surface area contributed by atoms with E-state index in [4.69, 9.17) is 9.84 Å². The molecule has 25 heavy (non-hydrogen) atoms. The first-order chi connectivity index (χ1) is 11.8. The van der Waals surface area contributed by atoms with Crippen LogP contribution >= 0.6 is 0 Å². The lowest BCUT2D eigenvalue weighted by atomic mass is 10.1. The molecule has 3 N–H and O–H groups in total. The summed E-state index contributed by atoms with van der Waals surface area (Å²) in [6.45, 7) is 7.15. The molecule has 0 fully saturated rings. The lowest BCUT2D eigenvalue weighted by Crippen LogP contribution is -2.33. The van der Waals surface area contributed by atoms with E-state index in [9.17, 15) is 9.59 Å². The number of benzene rings is 1. The molecule has 1 aromatic carbocycles. The van der Waals surface area contributed by atoms with Gasteiger partial charge >= 0.3 is 12.1 Å². The van der Waals surface area contributed by atoms with Gasteiger partial charge in [-0.05, 0) is 56.9 Å². The molecule has 1 aliphatic rings. The van der Waals surface area contributed by atoms with Gasteiger partial charge in [0, 0.05) is 31.9 Å². The highest BCUT2D eigenvalue weighted by Crippen LogP contribution is 2.27. The molecule has 3 amide bonds. The van der Waals surface area contributed by atoms with Gasteiger partial charge in [-0.25, -0.2) is 9.59 Å². The van der Waals surface area contributed by atoms with E-state index in [0.717, 1.165) is 17.5 Å². The Kier molecular flexibility index (Phi) is 6.25. The molecule has 2 rings (SSSR count). The molecule has 7 heteroatoms. The zero-order valence-corrected chi connectivity index (χ0v) is 15.1. The third-order valence-corrected chi connectivity index (χ3v) is 3.71. The van der Waals surface area contributed by atoms with Gasteiger partial charge in [0.15, 0.2) is 0 Å². The first-order valence-corrected chi connectivity index (χ1v) is 8.54. The van der Waals surface area contributed by atoms with Crippen LogP contribution in [0.15, 0.2) is 18.2 Å². The van der Waals surface area contributed by atoms with E-state index in [1.807, 2.05) is 39.0 Å². The SMILES string of the molecule is CC(C)(C)OC(=O)N1Cc2ccc(NC(=O)NCCCCO)cc2C1. The van der Waals surface area contributed by atoms with Gasteiger partial charge in [0.1, 0.15) is 5.60 Å². The Bertz CT molecular complexity index is 625. The van der Waals surface area contributed by atoms with Crippen LogP contribution in [0, 0.1) is 0 Å². The molecular formula is C18H27N3O4. The lowest BCUT2D eigenvalue weighted by molar-refractivity contribution is 0.0242. The standard InChI is InChI=1S/C18H27N3O4/c1-18(2,3)25-17(24)21-11-13-6-7-15(10-14(13)12-21)20-16(23)19-8-4-5-9-22/h6-7,10,22H,4-5,8-9,11-12H2,1-3H3,(H2,19,20,23). The number of fused-ring (bicyclic) bond motifs is 1. The molecule has 1 aromatic rings. The van der Waals surface area contributed by atoms with Crippen molar-refractivity contribution in [3.8, 4) is 0 Å².